The molecule has 0 aliphatic carbocycles. The minimum Gasteiger partial charge on any atom is -0.302 e. The van der Waals surface area contributed by atoms with E-state index < -0.39 is 0 Å². The van der Waals surface area contributed by atoms with Crippen molar-refractivity contribution in [3.63, 3.8) is 0 Å². The standard InChI is InChI=1S/C12H18N4S/c1-4-16-11(7-9(2)15-16)8-14-10(3)12-13-5-6-17-12/h5-7,10,14H,4,8H2,1-3H3. The topological polar surface area (TPSA) is 42.7 Å². The van der Waals surface area contributed by atoms with Crippen LogP contribution in [0, 0.1) is 6.92 Å². The van der Waals surface area contributed by atoms with E-state index in [2.05, 4.69) is 35.3 Å². The Morgan fingerprint density at radius 3 is 3.00 bits per heavy atom. The molecular weight excluding hydrogens is 232 g/mol. The van der Waals surface area contributed by atoms with Gasteiger partial charge in [0.25, 0.3) is 0 Å². The zero-order valence-corrected chi connectivity index (χ0v) is 11.3. The number of aromatic nitrogens is 3. The summed E-state index contributed by atoms with van der Waals surface area (Å²) in [7, 11) is 0. The summed E-state index contributed by atoms with van der Waals surface area (Å²) in [6.07, 6.45) is 1.85. The van der Waals surface area contributed by atoms with Gasteiger partial charge in [0.15, 0.2) is 0 Å². The van der Waals surface area contributed by atoms with E-state index in [1.165, 1.54) is 5.69 Å². The van der Waals surface area contributed by atoms with Gasteiger partial charge in [-0.1, -0.05) is 0 Å². The highest BCUT2D eigenvalue weighted by atomic mass is 32.1. The molecule has 1 N–H and O–H groups in total. The van der Waals surface area contributed by atoms with Crippen molar-refractivity contribution in [3.05, 3.63) is 34.0 Å². The number of rotatable bonds is 5. The van der Waals surface area contributed by atoms with Gasteiger partial charge < -0.3 is 5.32 Å². The van der Waals surface area contributed by atoms with Crippen LogP contribution in [-0.2, 0) is 13.1 Å². The van der Waals surface area contributed by atoms with Crippen LogP contribution in [0.25, 0.3) is 0 Å². The molecule has 92 valence electrons. The summed E-state index contributed by atoms with van der Waals surface area (Å²) >= 11 is 1.69. The summed E-state index contributed by atoms with van der Waals surface area (Å²) in [6, 6.07) is 2.42. The molecule has 0 bridgehead atoms. The Kier molecular flexibility index (Phi) is 3.91. The zero-order chi connectivity index (χ0) is 12.3. The summed E-state index contributed by atoms with van der Waals surface area (Å²) in [5.74, 6) is 0. The summed E-state index contributed by atoms with van der Waals surface area (Å²) in [6.45, 7) is 8.02. The van der Waals surface area contributed by atoms with E-state index in [1.54, 1.807) is 11.3 Å². The molecule has 17 heavy (non-hydrogen) atoms. The van der Waals surface area contributed by atoms with Crippen molar-refractivity contribution in [2.24, 2.45) is 0 Å². The van der Waals surface area contributed by atoms with Gasteiger partial charge in [-0.3, -0.25) is 4.68 Å². The van der Waals surface area contributed by atoms with Crippen LogP contribution in [0.1, 0.15) is 36.3 Å². The number of thiazole rings is 1. The summed E-state index contributed by atoms with van der Waals surface area (Å²) in [4.78, 5) is 4.31. The number of hydrogen-bond donors (Lipinski definition) is 1. The van der Waals surface area contributed by atoms with Crippen LogP contribution in [0.5, 0.6) is 0 Å². The lowest BCUT2D eigenvalue weighted by Gasteiger charge is -2.11. The third kappa shape index (κ3) is 2.92. The van der Waals surface area contributed by atoms with Crippen molar-refractivity contribution >= 4 is 11.3 Å². The van der Waals surface area contributed by atoms with Crippen molar-refractivity contribution in [1.29, 1.82) is 0 Å². The van der Waals surface area contributed by atoms with Gasteiger partial charge in [-0.05, 0) is 26.8 Å². The Hall–Kier alpha value is -1.20. The van der Waals surface area contributed by atoms with Gasteiger partial charge in [0.05, 0.1) is 17.4 Å². The van der Waals surface area contributed by atoms with Crippen LogP contribution in [-0.4, -0.2) is 14.8 Å². The fourth-order valence-electron chi connectivity index (χ4n) is 1.81. The maximum atomic E-state index is 4.43. The Bertz CT molecular complexity index is 461. The fraction of sp³-hybridized carbons (Fsp3) is 0.500. The van der Waals surface area contributed by atoms with Gasteiger partial charge in [0, 0.05) is 24.7 Å². The van der Waals surface area contributed by atoms with Gasteiger partial charge in [-0.25, -0.2) is 4.98 Å². The van der Waals surface area contributed by atoms with Crippen LogP contribution in [0.15, 0.2) is 17.6 Å². The molecule has 5 heteroatoms. The molecule has 4 nitrogen and oxygen atoms in total. The highest BCUT2D eigenvalue weighted by molar-refractivity contribution is 7.09. The van der Waals surface area contributed by atoms with E-state index >= 15 is 0 Å². The lowest BCUT2D eigenvalue weighted by Crippen LogP contribution is -2.20. The molecule has 2 rings (SSSR count). The van der Waals surface area contributed by atoms with E-state index in [-0.39, 0.29) is 6.04 Å². The fourth-order valence-corrected chi connectivity index (χ4v) is 2.48. The first-order valence-corrected chi connectivity index (χ1v) is 6.74. The van der Waals surface area contributed by atoms with Gasteiger partial charge in [0.1, 0.15) is 5.01 Å². The minimum absolute atomic E-state index is 0.288. The highest BCUT2D eigenvalue weighted by Gasteiger charge is 2.09. The first-order valence-electron chi connectivity index (χ1n) is 5.86. The molecule has 0 radical (unpaired) electrons. The van der Waals surface area contributed by atoms with Gasteiger partial charge >= 0.3 is 0 Å². The molecule has 0 saturated heterocycles. The lowest BCUT2D eigenvalue weighted by molar-refractivity contribution is 0.529. The average Bonchev–Trinajstić information content (AvgIpc) is 2.94. The van der Waals surface area contributed by atoms with Crippen LogP contribution in [0.2, 0.25) is 0 Å². The van der Waals surface area contributed by atoms with E-state index in [0.29, 0.717) is 0 Å². The van der Waals surface area contributed by atoms with Gasteiger partial charge in [-0.15, -0.1) is 11.3 Å². The molecule has 0 aromatic carbocycles. The van der Waals surface area contributed by atoms with Gasteiger partial charge in [-0.2, -0.15) is 5.10 Å². The van der Waals surface area contributed by atoms with Crippen LogP contribution in [0.4, 0.5) is 0 Å². The van der Waals surface area contributed by atoms with Crippen molar-refractivity contribution in [2.75, 3.05) is 0 Å². The molecule has 2 aromatic rings. The van der Waals surface area contributed by atoms with E-state index in [1.807, 2.05) is 23.2 Å². The predicted octanol–water partition coefficient (Wildman–Crippen LogP) is 2.52. The van der Waals surface area contributed by atoms with Crippen molar-refractivity contribution in [2.45, 2.75) is 39.9 Å². The summed E-state index contributed by atoms with van der Waals surface area (Å²) < 4.78 is 2.04. The maximum absolute atomic E-state index is 4.43. The number of nitrogens with zero attached hydrogens (tertiary/aromatic N) is 3. The molecule has 0 saturated carbocycles. The van der Waals surface area contributed by atoms with Crippen LogP contribution in [0.3, 0.4) is 0 Å². The van der Waals surface area contributed by atoms with E-state index in [4.69, 9.17) is 0 Å². The molecule has 0 amide bonds. The largest absolute Gasteiger partial charge is 0.302 e. The first kappa shape index (κ1) is 12.3. The number of aryl methyl sites for hydroxylation is 2. The number of hydrogen-bond acceptors (Lipinski definition) is 4. The smallest absolute Gasteiger partial charge is 0.109 e. The second-order valence-electron chi connectivity index (χ2n) is 4.07. The molecule has 0 spiro atoms. The SMILES string of the molecule is CCn1nc(C)cc1CNC(C)c1nccs1. The second-order valence-corrected chi connectivity index (χ2v) is 4.99. The van der Waals surface area contributed by atoms with E-state index in [0.717, 1.165) is 23.8 Å². The Balaban J connectivity index is 1.97. The third-order valence-corrected chi connectivity index (χ3v) is 3.65. The molecule has 1 unspecified atom stereocenters. The molecule has 2 heterocycles. The van der Waals surface area contributed by atoms with E-state index in [9.17, 15) is 0 Å². The Morgan fingerprint density at radius 1 is 1.53 bits per heavy atom. The van der Waals surface area contributed by atoms with Gasteiger partial charge in [0.2, 0.25) is 0 Å². The molecule has 0 fully saturated rings. The normalized spacial score (nSPS) is 12.9. The predicted molar refractivity (Wildman–Crippen MR) is 70.0 cm³/mol. The molecule has 2 aromatic heterocycles. The monoisotopic (exact) mass is 250 g/mol. The molecule has 0 aliphatic rings. The lowest BCUT2D eigenvalue weighted by atomic mass is 10.3. The Morgan fingerprint density at radius 2 is 2.35 bits per heavy atom. The molecule has 0 aliphatic heterocycles. The van der Waals surface area contributed by atoms with Crippen LogP contribution >= 0.6 is 11.3 Å². The third-order valence-electron chi connectivity index (χ3n) is 2.70. The van der Waals surface area contributed by atoms with Crippen molar-refractivity contribution in [1.82, 2.24) is 20.1 Å². The first-order chi connectivity index (χ1) is 8.20. The maximum Gasteiger partial charge on any atom is 0.109 e. The summed E-state index contributed by atoms with van der Waals surface area (Å²) in [5.41, 5.74) is 2.30. The number of nitrogens with one attached hydrogen (secondary N) is 1. The molecule has 1 atom stereocenters. The summed E-state index contributed by atoms with van der Waals surface area (Å²) in [5, 5.41) is 11.0. The second kappa shape index (κ2) is 5.42. The quantitative estimate of drug-likeness (QED) is 0.886. The minimum atomic E-state index is 0.288. The Labute approximate surface area is 106 Å². The molecular formula is C12H18N4S. The van der Waals surface area contributed by atoms with Crippen molar-refractivity contribution in [3.8, 4) is 0 Å². The average molecular weight is 250 g/mol. The van der Waals surface area contributed by atoms with Crippen LogP contribution < -0.4 is 5.32 Å². The van der Waals surface area contributed by atoms with Crippen molar-refractivity contribution < 1.29 is 0 Å². The zero-order valence-electron chi connectivity index (χ0n) is 10.5. The highest BCUT2D eigenvalue weighted by Crippen LogP contribution is 2.15.